The zero-order valence-corrected chi connectivity index (χ0v) is 16.9. The van der Waals surface area contributed by atoms with E-state index in [-0.39, 0.29) is 11.4 Å². The Kier molecular flexibility index (Phi) is 5.06. The van der Waals surface area contributed by atoms with Gasteiger partial charge in [-0.1, -0.05) is 46.3 Å². The molecule has 1 amide bonds. The summed E-state index contributed by atoms with van der Waals surface area (Å²) in [6, 6.07) is 16.4. The molecule has 2 heterocycles. The Morgan fingerprint density at radius 3 is 2.74 bits per heavy atom. The summed E-state index contributed by atoms with van der Waals surface area (Å²) in [6.45, 7) is 3.33. The average molecular weight is 427 g/mol. The van der Waals surface area contributed by atoms with E-state index in [2.05, 4.69) is 44.4 Å². The number of carbonyl (C=O) groups is 1. The van der Waals surface area contributed by atoms with Crippen molar-refractivity contribution in [3.05, 3.63) is 69.8 Å². The van der Waals surface area contributed by atoms with Gasteiger partial charge in [0.15, 0.2) is 0 Å². The number of H-pyrrole nitrogens is 1. The molecule has 0 saturated carbocycles. The van der Waals surface area contributed by atoms with Crippen molar-refractivity contribution in [1.29, 1.82) is 0 Å². The average Bonchev–Trinajstić information content (AvgIpc) is 2.98. The zero-order chi connectivity index (χ0) is 18.9. The Morgan fingerprint density at radius 2 is 1.96 bits per heavy atom. The number of amides is 1. The van der Waals surface area contributed by atoms with E-state index in [1.54, 1.807) is 0 Å². The molecule has 1 aliphatic heterocycles. The van der Waals surface area contributed by atoms with Gasteiger partial charge in [0.05, 0.1) is 12.0 Å². The molecule has 0 radical (unpaired) electrons. The van der Waals surface area contributed by atoms with Crippen LogP contribution in [0.15, 0.2) is 53.0 Å². The minimum Gasteiger partial charge on any atom is -0.381 e. The summed E-state index contributed by atoms with van der Waals surface area (Å²) in [7, 11) is 0. The van der Waals surface area contributed by atoms with Gasteiger partial charge in [0, 0.05) is 34.3 Å². The van der Waals surface area contributed by atoms with Crippen molar-refractivity contribution in [2.24, 2.45) is 0 Å². The van der Waals surface area contributed by atoms with Crippen LogP contribution in [0.2, 0.25) is 0 Å². The number of carbonyl (C=O) groups excluding carboxylic acids is 1. The monoisotopic (exact) mass is 426 g/mol. The van der Waals surface area contributed by atoms with Crippen molar-refractivity contribution in [2.75, 3.05) is 13.2 Å². The summed E-state index contributed by atoms with van der Waals surface area (Å²) < 4.78 is 6.59. The summed E-state index contributed by atoms with van der Waals surface area (Å²) in [5, 5.41) is 4.47. The first-order valence-electron chi connectivity index (χ1n) is 9.28. The Balaban J connectivity index is 1.61. The predicted molar refractivity (Wildman–Crippen MR) is 111 cm³/mol. The van der Waals surface area contributed by atoms with Gasteiger partial charge < -0.3 is 15.0 Å². The molecule has 27 heavy (non-hydrogen) atoms. The van der Waals surface area contributed by atoms with Gasteiger partial charge in [-0.15, -0.1) is 0 Å². The third-order valence-electron chi connectivity index (χ3n) is 5.47. The molecule has 0 bridgehead atoms. The van der Waals surface area contributed by atoms with Crippen LogP contribution in [-0.4, -0.2) is 24.1 Å². The fourth-order valence-corrected chi connectivity index (χ4v) is 4.43. The second-order valence-corrected chi connectivity index (χ2v) is 8.12. The minimum absolute atomic E-state index is 0.0460. The molecule has 2 aromatic carbocycles. The largest absolute Gasteiger partial charge is 0.381 e. The Bertz CT molecular complexity index is 973. The maximum Gasteiger partial charge on any atom is 0.225 e. The van der Waals surface area contributed by atoms with Gasteiger partial charge >= 0.3 is 0 Å². The molecule has 1 fully saturated rings. The van der Waals surface area contributed by atoms with E-state index >= 15 is 0 Å². The van der Waals surface area contributed by atoms with Gasteiger partial charge in [-0.3, -0.25) is 4.79 Å². The highest BCUT2D eigenvalue weighted by atomic mass is 79.9. The van der Waals surface area contributed by atoms with Gasteiger partial charge in [0.2, 0.25) is 5.91 Å². The molecule has 0 aliphatic carbocycles. The Hall–Kier alpha value is -2.11. The van der Waals surface area contributed by atoms with Crippen LogP contribution in [0, 0.1) is 6.92 Å². The molecule has 140 valence electrons. The highest BCUT2D eigenvalue weighted by Crippen LogP contribution is 2.34. The van der Waals surface area contributed by atoms with Crippen LogP contribution in [0.3, 0.4) is 0 Å². The lowest BCUT2D eigenvalue weighted by Crippen LogP contribution is -2.50. The maximum absolute atomic E-state index is 13.1. The lowest BCUT2D eigenvalue weighted by molar-refractivity contribution is -0.123. The van der Waals surface area contributed by atoms with E-state index in [0.717, 1.165) is 45.0 Å². The van der Waals surface area contributed by atoms with Crippen LogP contribution in [0.25, 0.3) is 10.9 Å². The third kappa shape index (κ3) is 3.66. The summed E-state index contributed by atoms with van der Waals surface area (Å²) in [6.07, 6.45) is 1.93. The minimum atomic E-state index is -0.376. The summed E-state index contributed by atoms with van der Waals surface area (Å²) in [5.74, 6) is 0.0460. The topological polar surface area (TPSA) is 54.1 Å². The van der Waals surface area contributed by atoms with E-state index in [1.807, 2.05) is 37.3 Å². The first-order chi connectivity index (χ1) is 13.1. The number of aromatic nitrogens is 1. The van der Waals surface area contributed by atoms with Gasteiger partial charge in [-0.25, -0.2) is 0 Å². The standard InChI is InChI=1S/C22H23BrN2O2/c1-15-19(18-7-2-3-8-20(18)24-15)14-21(26)25-22(9-11-27-12-10-22)16-5-4-6-17(23)13-16/h2-8,13,24H,9-12,14H2,1H3,(H,25,26). The van der Waals surface area contributed by atoms with E-state index in [1.165, 1.54) is 0 Å². The summed E-state index contributed by atoms with van der Waals surface area (Å²) in [5.41, 5.74) is 3.95. The molecule has 1 aromatic heterocycles. The summed E-state index contributed by atoms with van der Waals surface area (Å²) in [4.78, 5) is 16.4. The number of hydrogen-bond acceptors (Lipinski definition) is 2. The number of ether oxygens (including phenoxy) is 1. The van der Waals surface area contributed by atoms with Crippen molar-refractivity contribution in [1.82, 2.24) is 10.3 Å². The van der Waals surface area contributed by atoms with E-state index in [9.17, 15) is 4.79 Å². The molecule has 0 spiro atoms. The van der Waals surface area contributed by atoms with Gasteiger partial charge in [-0.2, -0.15) is 0 Å². The molecule has 4 rings (SSSR count). The van der Waals surface area contributed by atoms with Gasteiger partial charge in [0.1, 0.15) is 0 Å². The highest BCUT2D eigenvalue weighted by molar-refractivity contribution is 9.10. The smallest absolute Gasteiger partial charge is 0.225 e. The number of benzene rings is 2. The van der Waals surface area contributed by atoms with Gasteiger partial charge in [0.25, 0.3) is 0 Å². The fraction of sp³-hybridized carbons (Fsp3) is 0.318. The quantitative estimate of drug-likeness (QED) is 0.639. The van der Waals surface area contributed by atoms with Crippen LogP contribution in [0.1, 0.15) is 29.7 Å². The van der Waals surface area contributed by atoms with E-state index in [0.29, 0.717) is 19.6 Å². The van der Waals surface area contributed by atoms with E-state index < -0.39 is 0 Å². The second-order valence-electron chi connectivity index (χ2n) is 7.20. The van der Waals surface area contributed by atoms with Crippen molar-refractivity contribution in [2.45, 2.75) is 31.7 Å². The van der Waals surface area contributed by atoms with Crippen LogP contribution < -0.4 is 5.32 Å². The predicted octanol–water partition coefficient (Wildman–Crippen LogP) is 4.60. The number of fused-ring (bicyclic) bond motifs is 1. The number of para-hydroxylation sites is 1. The fourth-order valence-electron chi connectivity index (χ4n) is 4.03. The van der Waals surface area contributed by atoms with Crippen molar-refractivity contribution in [3.63, 3.8) is 0 Å². The molecule has 0 atom stereocenters. The number of aromatic amines is 1. The SMILES string of the molecule is Cc1[nH]c2ccccc2c1CC(=O)NC1(c2cccc(Br)c2)CCOCC1. The van der Waals surface area contributed by atoms with Crippen molar-refractivity contribution >= 4 is 32.7 Å². The third-order valence-corrected chi connectivity index (χ3v) is 5.96. The molecule has 3 aromatic rings. The second kappa shape index (κ2) is 7.49. The molecule has 1 saturated heterocycles. The Labute approximate surface area is 167 Å². The molecule has 5 heteroatoms. The van der Waals surface area contributed by atoms with E-state index in [4.69, 9.17) is 4.74 Å². The summed E-state index contributed by atoms with van der Waals surface area (Å²) >= 11 is 3.56. The van der Waals surface area contributed by atoms with Crippen molar-refractivity contribution < 1.29 is 9.53 Å². The number of aryl methyl sites for hydroxylation is 1. The van der Waals surface area contributed by atoms with Crippen molar-refractivity contribution in [3.8, 4) is 0 Å². The number of nitrogens with one attached hydrogen (secondary N) is 2. The molecule has 2 N–H and O–H groups in total. The Morgan fingerprint density at radius 1 is 1.19 bits per heavy atom. The first-order valence-corrected chi connectivity index (χ1v) is 10.1. The lowest BCUT2D eigenvalue weighted by Gasteiger charge is -2.38. The maximum atomic E-state index is 13.1. The molecule has 4 nitrogen and oxygen atoms in total. The molecular formula is C22H23BrN2O2. The number of hydrogen-bond donors (Lipinski definition) is 2. The number of halogens is 1. The molecule has 0 unspecified atom stereocenters. The van der Waals surface area contributed by atoms with Crippen LogP contribution in [0.5, 0.6) is 0 Å². The highest BCUT2D eigenvalue weighted by Gasteiger charge is 2.36. The normalized spacial score (nSPS) is 16.4. The van der Waals surface area contributed by atoms with Crippen LogP contribution >= 0.6 is 15.9 Å². The van der Waals surface area contributed by atoms with Crippen LogP contribution in [0.4, 0.5) is 0 Å². The first kappa shape index (κ1) is 18.3. The number of rotatable bonds is 4. The zero-order valence-electron chi connectivity index (χ0n) is 15.3. The molecule has 1 aliphatic rings. The van der Waals surface area contributed by atoms with Crippen LogP contribution in [-0.2, 0) is 21.5 Å². The van der Waals surface area contributed by atoms with Gasteiger partial charge in [-0.05, 0) is 49.1 Å². The molecular weight excluding hydrogens is 404 g/mol. The lowest BCUT2D eigenvalue weighted by atomic mass is 9.82.